The third kappa shape index (κ3) is 1.82. The molecule has 2 rings (SSSR count). The first-order valence-corrected chi connectivity index (χ1v) is 5.98. The van der Waals surface area contributed by atoms with Crippen LogP contribution in [0.4, 0.5) is 0 Å². The molecule has 1 aromatic rings. The lowest BCUT2D eigenvalue weighted by molar-refractivity contribution is 0.331. The molecule has 0 heterocycles. The summed E-state index contributed by atoms with van der Waals surface area (Å²) in [4.78, 5) is 0. The minimum Gasteiger partial charge on any atom is -0.508 e. The van der Waals surface area contributed by atoms with Gasteiger partial charge >= 0.3 is 0 Å². The first-order chi connectivity index (χ1) is 7.49. The third-order valence-electron chi connectivity index (χ3n) is 3.96. The second kappa shape index (κ2) is 3.77. The molecule has 1 saturated carbocycles. The minimum absolute atomic E-state index is 0.0190. The normalized spacial score (nSPS) is 28.2. The largest absolute Gasteiger partial charge is 0.508 e. The first kappa shape index (κ1) is 11.5. The van der Waals surface area contributed by atoms with Crippen LogP contribution in [0.15, 0.2) is 24.3 Å². The van der Waals surface area contributed by atoms with Crippen molar-refractivity contribution >= 4 is 0 Å². The van der Waals surface area contributed by atoms with Crippen molar-refractivity contribution in [3.05, 3.63) is 29.8 Å². The Morgan fingerprint density at radius 2 is 1.94 bits per heavy atom. The number of benzene rings is 1. The zero-order chi connectivity index (χ0) is 11.8. The summed E-state index contributed by atoms with van der Waals surface area (Å²) in [6, 6.07) is 7.63. The number of phenolic OH excluding ortho intramolecular Hbond substituents is 1. The van der Waals surface area contributed by atoms with Gasteiger partial charge in [0.25, 0.3) is 0 Å². The highest BCUT2D eigenvalue weighted by Gasteiger charge is 2.44. The van der Waals surface area contributed by atoms with Crippen LogP contribution in [0.2, 0.25) is 0 Å². The lowest BCUT2D eigenvalue weighted by atomic mass is 9.76. The van der Waals surface area contributed by atoms with Crippen LogP contribution in [0.3, 0.4) is 0 Å². The fourth-order valence-corrected chi connectivity index (χ4v) is 3.11. The van der Waals surface area contributed by atoms with Gasteiger partial charge in [-0.05, 0) is 30.7 Å². The van der Waals surface area contributed by atoms with Crippen LogP contribution in [-0.2, 0) is 5.41 Å². The Hall–Kier alpha value is -1.02. The van der Waals surface area contributed by atoms with E-state index < -0.39 is 0 Å². The Labute approximate surface area is 97.5 Å². The molecule has 2 heteroatoms. The number of nitrogens with two attached hydrogens (primary N) is 1. The summed E-state index contributed by atoms with van der Waals surface area (Å²) in [5, 5.41) is 9.98. The molecular formula is C14H21NO. The maximum absolute atomic E-state index is 9.98. The second-order valence-corrected chi connectivity index (χ2v) is 5.84. The first-order valence-electron chi connectivity index (χ1n) is 5.98. The van der Waals surface area contributed by atoms with Crippen LogP contribution in [-0.4, -0.2) is 11.7 Å². The van der Waals surface area contributed by atoms with E-state index in [9.17, 15) is 5.11 Å². The van der Waals surface area contributed by atoms with Gasteiger partial charge < -0.3 is 10.8 Å². The molecule has 0 saturated heterocycles. The average Bonchev–Trinajstić information content (AvgIpc) is 2.56. The smallest absolute Gasteiger partial charge is 0.119 e. The van der Waals surface area contributed by atoms with E-state index in [1.807, 2.05) is 18.2 Å². The molecule has 1 aliphatic rings. The highest BCUT2D eigenvalue weighted by atomic mass is 16.3. The molecule has 1 fully saturated rings. The second-order valence-electron chi connectivity index (χ2n) is 5.84. The van der Waals surface area contributed by atoms with Crippen molar-refractivity contribution in [2.24, 2.45) is 11.1 Å². The molecule has 88 valence electrons. The lowest BCUT2D eigenvalue weighted by Gasteiger charge is -2.30. The Balaban J connectivity index is 2.41. The molecule has 0 radical (unpaired) electrons. The Kier molecular flexibility index (Phi) is 2.70. The van der Waals surface area contributed by atoms with Gasteiger partial charge in [-0.1, -0.05) is 32.0 Å². The van der Waals surface area contributed by atoms with E-state index >= 15 is 0 Å². The quantitative estimate of drug-likeness (QED) is 0.803. The van der Waals surface area contributed by atoms with Crippen molar-refractivity contribution in [3.63, 3.8) is 0 Å². The van der Waals surface area contributed by atoms with Gasteiger partial charge in [-0.2, -0.15) is 0 Å². The van der Waals surface area contributed by atoms with Crippen molar-refractivity contribution in [2.45, 2.75) is 38.5 Å². The zero-order valence-electron chi connectivity index (χ0n) is 10.2. The van der Waals surface area contributed by atoms with Crippen LogP contribution in [0.25, 0.3) is 0 Å². The maximum atomic E-state index is 9.98. The van der Waals surface area contributed by atoms with Crippen LogP contribution in [0, 0.1) is 5.41 Å². The molecule has 0 spiro atoms. The molecule has 0 aliphatic heterocycles. The van der Waals surface area contributed by atoms with E-state index in [1.54, 1.807) is 6.07 Å². The number of para-hydroxylation sites is 1. The highest BCUT2D eigenvalue weighted by molar-refractivity contribution is 5.40. The average molecular weight is 219 g/mol. The van der Waals surface area contributed by atoms with Crippen molar-refractivity contribution in [1.82, 2.24) is 0 Å². The van der Waals surface area contributed by atoms with Crippen LogP contribution < -0.4 is 5.73 Å². The fourth-order valence-electron chi connectivity index (χ4n) is 3.11. The van der Waals surface area contributed by atoms with E-state index in [0.29, 0.717) is 17.7 Å². The third-order valence-corrected chi connectivity index (χ3v) is 3.96. The van der Waals surface area contributed by atoms with E-state index in [2.05, 4.69) is 13.8 Å². The molecule has 0 aromatic heterocycles. The van der Waals surface area contributed by atoms with Gasteiger partial charge in [0.05, 0.1) is 0 Å². The highest BCUT2D eigenvalue weighted by Crippen LogP contribution is 2.51. The molecule has 16 heavy (non-hydrogen) atoms. The summed E-state index contributed by atoms with van der Waals surface area (Å²) < 4.78 is 0. The summed E-state index contributed by atoms with van der Waals surface area (Å²) in [6.07, 6.45) is 3.32. The summed E-state index contributed by atoms with van der Waals surface area (Å²) in [7, 11) is 0. The standard InChI is InChI=1S/C14H21NO/c1-13(2)7-8-14(9-13,10-15)11-5-3-4-6-12(11)16/h3-6,16H,7-10,15H2,1-2H3. The molecule has 2 nitrogen and oxygen atoms in total. The van der Waals surface area contributed by atoms with Crippen LogP contribution in [0.5, 0.6) is 5.75 Å². The molecule has 3 N–H and O–H groups in total. The molecule has 1 unspecified atom stereocenters. The molecule has 1 aliphatic carbocycles. The van der Waals surface area contributed by atoms with Crippen molar-refractivity contribution in [3.8, 4) is 5.75 Å². The SMILES string of the molecule is CC1(C)CCC(CN)(c2ccccc2O)C1. The van der Waals surface area contributed by atoms with Gasteiger partial charge in [0.15, 0.2) is 0 Å². The van der Waals surface area contributed by atoms with Crippen molar-refractivity contribution in [1.29, 1.82) is 0 Å². The van der Waals surface area contributed by atoms with E-state index in [1.165, 1.54) is 6.42 Å². The number of rotatable bonds is 2. The monoisotopic (exact) mass is 219 g/mol. The van der Waals surface area contributed by atoms with Gasteiger partial charge in [0.2, 0.25) is 0 Å². The zero-order valence-corrected chi connectivity index (χ0v) is 10.2. The Bertz CT molecular complexity index is 386. The number of aromatic hydroxyl groups is 1. The van der Waals surface area contributed by atoms with E-state index in [-0.39, 0.29) is 5.41 Å². The fraction of sp³-hybridized carbons (Fsp3) is 0.571. The molecule has 1 atom stereocenters. The van der Waals surface area contributed by atoms with Gasteiger partial charge in [-0.25, -0.2) is 0 Å². The summed E-state index contributed by atoms with van der Waals surface area (Å²) in [5.41, 5.74) is 7.33. The molecule has 1 aromatic carbocycles. The van der Waals surface area contributed by atoms with Crippen LogP contribution in [0.1, 0.15) is 38.7 Å². The summed E-state index contributed by atoms with van der Waals surface area (Å²) >= 11 is 0. The predicted molar refractivity (Wildman–Crippen MR) is 66.5 cm³/mol. The van der Waals surface area contributed by atoms with E-state index in [4.69, 9.17) is 5.73 Å². The predicted octanol–water partition coefficient (Wildman–Crippen LogP) is 2.80. The topological polar surface area (TPSA) is 46.2 Å². The molecule has 0 amide bonds. The number of hydrogen-bond acceptors (Lipinski definition) is 2. The summed E-state index contributed by atoms with van der Waals surface area (Å²) in [5.74, 6) is 0.394. The molecule has 0 bridgehead atoms. The summed E-state index contributed by atoms with van der Waals surface area (Å²) in [6.45, 7) is 5.18. The van der Waals surface area contributed by atoms with Crippen molar-refractivity contribution in [2.75, 3.05) is 6.54 Å². The minimum atomic E-state index is -0.0190. The Morgan fingerprint density at radius 1 is 1.25 bits per heavy atom. The van der Waals surface area contributed by atoms with Gasteiger partial charge in [0.1, 0.15) is 5.75 Å². The number of hydrogen-bond donors (Lipinski definition) is 2. The van der Waals surface area contributed by atoms with Gasteiger partial charge in [-0.15, -0.1) is 0 Å². The Morgan fingerprint density at radius 3 is 2.44 bits per heavy atom. The van der Waals surface area contributed by atoms with E-state index in [0.717, 1.165) is 18.4 Å². The maximum Gasteiger partial charge on any atom is 0.119 e. The van der Waals surface area contributed by atoms with Crippen LogP contribution >= 0.6 is 0 Å². The molecular weight excluding hydrogens is 198 g/mol. The lowest BCUT2D eigenvalue weighted by Crippen LogP contribution is -2.33. The van der Waals surface area contributed by atoms with Crippen molar-refractivity contribution < 1.29 is 5.11 Å². The van der Waals surface area contributed by atoms with Gasteiger partial charge in [-0.3, -0.25) is 0 Å². The number of phenols is 1. The van der Waals surface area contributed by atoms with Gasteiger partial charge in [0, 0.05) is 17.5 Å².